The predicted molar refractivity (Wildman–Crippen MR) is 132 cm³/mol. The Morgan fingerprint density at radius 2 is 1.36 bits per heavy atom. The molecule has 0 saturated carbocycles. The summed E-state index contributed by atoms with van der Waals surface area (Å²) in [5, 5.41) is 5.58. The van der Waals surface area contributed by atoms with Gasteiger partial charge in [0.05, 0.1) is 21.3 Å². The molecule has 3 aromatic carbocycles. The van der Waals surface area contributed by atoms with Crippen LogP contribution in [0.15, 0.2) is 72.8 Å². The van der Waals surface area contributed by atoms with E-state index in [2.05, 4.69) is 10.6 Å². The molecule has 0 bridgehead atoms. The fraction of sp³-hybridized carbons (Fsp3) is 0.222. The minimum atomic E-state index is -1.42. The van der Waals surface area contributed by atoms with Gasteiger partial charge in [0.1, 0.15) is 12.3 Å². The molecule has 0 aromatic heterocycles. The molecule has 3 aromatic rings. The Hall–Kier alpha value is -4.53. The van der Waals surface area contributed by atoms with Crippen LogP contribution in [-0.4, -0.2) is 50.6 Å². The Balaban J connectivity index is 1.55. The number of nitrogens with zero attached hydrogens (tertiary/aromatic N) is 1. The van der Waals surface area contributed by atoms with Crippen molar-refractivity contribution in [2.24, 2.45) is 0 Å². The van der Waals surface area contributed by atoms with Gasteiger partial charge in [-0.3, -0.25) is 14.5 Å². The van der Waals surface area contributed by atoms with Crippen LogP contribution >= 0.6 is 0 Å². The van der Waals surface area contributed by atoms with Crippen molar-refractivity contribution in [2.45, 2.75) is 12.1 Å². The van der Waals surface area contributed by atoms with Crippen molar-refractivity contribution < 1.29 is 28.6 Å². The first-order chi connectivity index (χ1) is 17.4. The number of nitrogens with one attached hydrogen (secondary N) is 2. The Morgan fingerprint density at radius 3 is 1.89 bits per heavy atom. The molecule has 0 aliphatic carbocycles. The maximum absolute atomic E-state index is 13.7. The Kier molecular flexibility index (Phi) is 7.10. The van der Waals surface area contributed by atoms with Gasteiger partial charge in [-0.05, 0) is 17.2 Å². The van der Waals surface area contributed by atoms with Gasteiger partial charge in [-0.15, -0.1) is 0 Å². The number of hydrogen-bond acceptors (Lipinski definition) is 6. The first-order valence-corrected chi connectivity index (χ1v) is 11.2. The fourth-order valence-corrected chi connectivity index (χ4v) is 4.28. The van der Waals surface area contributed by atoms with E-state index in [1.165, 1.54) is 21.3 Å². The van der Waals surface area contributed by atoms with Crippen molar-refractivity contribution >= 4 is 17.8 Å². The van der Waals surface area contributed by atoms with Crippen molar-refractivity contribution in [1.29, 1.82) is 0 Å². The monoisotopic (exact) mass is 489 g/mol. The van der Waals surface area contributed by atoms with E-state index < -0.39 is 29.9 Å². The summed E-state index contributed by atoms with van der Waals surface area (Å²) in [5.41, 5.74) is 0.426. The molecule has 9 heteroatoms. The van der Waals surface area contributed by atoms with E-state index in [1.807, 2.05) is 12.1 Å². The van der Waals surface area contributed by atoms with Gasteiger partial charge in [-0.25, -0.2) is 4.79 Å². The number of methoxy groups -OCH3 is 3. The van der Waals surface area contributed by atoms with E-state index >= 15 is 0 Å². The lowest BCUT2D eigenvalue weighted by atomic mass is 9.82. The standard InChI is InChI=1S/C27H27N3O6/c1-34-21-15-23(36-3)22(35-2)14-18(21)16-28-24(31)17-30-25(32)27(29-26(30)33,19-10-6-4-7-11-19)20-12-8-5-9-13-20/h4-15H,16-17H2,1-3H3,(H,28,31)(H,29,33). The van der Waals surface area contributed by atoms with Gasteiger partial charge in [0, 0.05) is 18.2 Å². The second-order valence-electron chi connectivity index (χ2n) is 8.10. The number of urea groups is 1. The lowest BCUT2D eigenvalue weighted by Gasteiger charge is -2.28. The number of rotatable bonds is 9. The highest BCUT2D eigenvalue weighted by molar-refractivity contribution is 6.11. The number of amides is 4. The van der Waals surface area contributed by atoms with Crippen molar-refractivity contribution in [2.75, 3.05) is 27.9 Å². The second-order valence-corrected chi connectivity index (χ2v) is 8.10. The summed E-state index contributed by atoms with van der Waals surface area (Å²) in [5.74, 6) is 0.431. The summed E-state index contributed by atoms with van der Waals surface area (Å²) in [6.45, 7) is -0.351. The highest BCUT2D eigenvalue weighted by Gasteiger charge is 2.54. The average Bonchev–Trinajstić information content (AvgIpc) is 3.17. The van der Waals surface area contributed by atoms with Crippen LogP contribution in [0, 0.1) is 0 Å². The molecule has 1 heterocycles. The maximum atomic E-state index is 13.7. The Morgan fingerprint density at radius 1 is 0.833 bits per heavy atom. The lowest BCUT2D eigenvalue weighted by Crippen LogP contribution is -2.46. The van der Waals surface area contributed by atoms with Gasteiger partial charge in [0.2, 0.25) is 5.91 Å². The molecule has 4 amide bonds. The van der Waals surface area contributed by atoms with Crippen molar-refractivity contribution in [3.05, 3.63) is 89.5 Å². The molecule has 1 aliphatic heterocycles. The molecule has 9 nitrogen and oxygen atoms in total. The minimum absolute atomic E-state index is 0.0918. The predicted octanol–water partition coefficient (Wildman–Crippen LogP) is 2.82. The quantitative estimate of drug-likeness (QED) is 0.448. The van der Waals surface area contributed by atoms with E-state index in [9.17, 15) is 14.4 Å². The third-order valence-electron chi connectivity index (χ3n) is 6.08. The topological polar surface area (TPSA) is 106 Å². The molecule has 2 N–H and O–H groups in total. The third-order valence-corrected chi connectivity index (χ3v) is 6.08. The van der Waals surface area contributed by atoms with Crippen LogP contribution < -0.4 is 24.8 Å². The average molecular weight is 490 g/mol. The maximum Gasteiger partial charge on any atom is 0.326 e. The summed E-state index contributed by atoms with van der Waals surface area (Å²) in [6.07, 6.45) is 0. The molecule has 186 valence electrons. The Labute approximate surface area is 209 Å². The third kappa shape index (κ3) is 4.43. The number of ether oxygens (including phenoxy) is 3. The summed E-state index contributed by atoms with van der Waals surface area (Å²) in [6, 6.07) is 20.7. The second kappa shape index (κ2) is 10.4. The summed E-state index contributed by atoms with van der Waals surface area (Å²) >= 11 is 0. The van der Waals surface area contributed by atoms with Crippen LogP contribution in [0.25, 0.3) is 0 Å². The SMILES string of the molecule is COc1cc(OC)c(OC)cc1CNC(=O)CN1C(=O)NC(c2ccccc2)(c2ccccc2)C1=O. The van der Waals surface area contributed by atoms with Crippen molar-refractivity contribution in [3.63, 3.8) is 0 Å². The zero-order chi connectivity index (χ0) is 25.7. The van der Waals surface area contributed by atoms with E-state index in [1.54, 1.807) is 60.7 Å². The van der Waals surface area contributed by atoms with Crippen molar-refractivity contribution in [1.82, 2.24) is 15.5 Å². The largest absolute Gasteiger partial charge is 0.496 e. The summed E-state index contributed by atoms with van der Waals surface area (Å²) < 4.78 is 16.0. The fourth-order valence-electron chi connectivity index (χ4n) is 4.28. The van der Waals surface area contributed by atoms with Crippen LogP contribution in [0.1, 0.15) is 16.7 Å². The first-order valence-electron chi connectivity index (χ1n) is 11.2. The summed E-state index contributed by atoms with van der Waals surface area (Å²) in [4.78, 5) is 40.5. The van der Waals surface area contributed by atoms with Crippen LogP contribution in [0.5, 0.6) is 17.2 Å². The van der Waals surface area contributed by atoms with Crippen molar-refractivity contribution in [3.8, 4) is 17.2 Å². The smallest absolute Gasteiger partial charge is 0.326 e. The molecule has 1 aliphatic rings. The molecule has 0 unspecified atom stereocenters. The van der Waals surface area contributed by atoms with Gasteiger partial charge in [-0.2, -0.15) is 0 Å². The van der Waals surface area contributed by atoms with Crippen LogP contribution in [-0.2, 0) is 21.7 Å². The molecule has 36 heavy (non-hydrogen) atoms. The lowest BCUT2D eigenvalue weighted by molar-refractivity contribution is -0.134. The summed E-state index contributed by atoms with van der Waals surface area (Å²) in [7, 11) is 4.53. The zero-order valence-corrected chi connectivity index (χ0v) is 20.2. The van der Waals surface area contributed by atoms with Gasteiger partial charge >= 0.3 is 6.03 Å². The molecular formula is C27H27N3O6. The first kappa shape index (κ1) is 24.6. The highest BCUT2D eigenvalue weighted by Crippen LogP contribution is 2.36. The van der Waals surface area contributed by atoms with E-state index in [-0.39, 0.29) is 6.54 Å². The molecule has 4 rings (SSSR count). The number of carbonyl (C=O) groups is 3. The molecule has 0 radical (unpaired) electrons. The normalized spacial score (nSPS) is 14.2. The van der Waals surface area contributed by atoms with Gasteiger partial charge in [0.25, 0.3) is 5.91 Å². The highest BCUT2D eigenvalue weighted by atomic mass is 16.5. The van der Waals surface area contributed by atoms with Gasteiger partial charge < -0.3 is 24.8 Å². The molecule has 1 saturated heterocycles. The zero-order valence-electron chi connectivity index (χ0n) is 20.2. The van der Waals surface area contributed by atoms with Gasteiger partial charge in [-0.1, -0.05) is 60.7 Å². The minimum Gasteiger partial charge on any atom is -0.496 e. The van der Waals surface area contributed by atoms with Crippen LogP contribution in [0.4, 0.5) is 4.79 Å². The number of imide groups is 1. The molecule has 0 spiro atoms. The number of carbonyl (C=O) groups excluding carboxylic acids is 3. The van der Waals surface area contributed by atoms with Crippen LogP contribution in [0.3, 0.4) is 0 Å². The number of benzene rings is 3. The molecular weight excluding hydrogens is 462 g/mol. The molecule has 1 fully saturated rings. The molecule has 0 atom stereocenters. The van der Waals surface area contributed by atoms with E-state index in [4.69, 9.17) is 14.2 Å². The number of hydrogen-bond donors (Lipinski definition) is 2. The van der Waals surface area contributed by atoms with Crippen LogP contribution in [0.2, 0.25) is 0 Å². The van der Waals surface area contributed by atoms with E-state index in [0.717, 1.165) is 4.90 Å². The van der Waals surface area contributed by atoms with Gasteiger partial charge in [0.15, 0.2) is 17.0 Å². The Bertz CT molecular complexity index is 1220. The van der Waals surface area contributed by atoms with E-state index in [0.29, 0.717) is 33.9 Å².